The third kappa shape index (κ3) is 3.39. The Morgan fingerprint density at radius 1 is 1.00 bits per heavy atom. The quantitative estimate of drug-likeness (QED) is 0.760. The molecule has 6 nitrogen and oxygen atoms in total. The highest BCUT2D eigenvalue weighted by Gasteiger charge is 2.12. The molecule has 0 spiro atoms. The van der Waals surface area contributed by atoms with Gasteiger partial charge >= 0.3 is 0 Å². The topological polar surface area (TPSA) is 65.4 Å². The van der Waals surface area contributed by atoms with Crippen LogP contribution in [0.2, 0.25) is 0 Å². The summed E-state index contributed by atoms with van der Waals surface area (Å²) in [5.41, 5.74) is 4.07. The molecule has 0 atom stereocenters. The van der Waals surface area contributed by atoms with Gasteiger partial charge in [-0.2, -0.15) is 5.10 Å². The highest BCUT2D eigenvalue weighted by molar-refractivity contribution is 6.04. The van der Waals surface area contributed by atoms with Crippen LogP contribution in [0.4, 0.5) is 5.69 Å². The lowest BCUT2D eigenvalue weighted by Gasteiger charge is -2.14. The number of carbonyl (C=O) groups excluding carboxylic acids is 1. The van der Waals surface area contributed by atoms with E-state index in [2.05, 4.69) is 10.4 Å². The number of nitrogens with one attached hydrogen (secondary N) is 1. The molecule has 1 N–H and O–H groups in total. The van der Waals surface area contributed by atoms with Crippen LogP contribution in [0.15, 0.2) is 48.7 Å². The van der Waals surface area contributed by atoms with E-state index in [0.717, 1.165) is 16.9 Å². The summed E-state index contributed by atoms with van der Waals surface area (Å²) in [6, 6.07) is 12.8. The van der Waals surface area contributed by atoms with E-state index in [1.54, 1.807) is 38.6 Å². The van der Waals surface area contributed by atoms with Gasteiger partial charge in [-0.3, -0.25) is 4.79 Å². The normalized spacial score (nSPS) is 10.5. The van der Waals surface area contributed by atoms with Gasteiger partial charge in [0.1, 0.15) is 0 Å². The Hall–Kier alpha value is -3.28. The molecule has 3 aromatic rings. The average Bonchev–Trinajstić information content (AvgIpc) is 3.09. The maximum Gasteiger partial charge on any atom is 0.255 e. The first-order chi connectivity index (χ1) is 12.5. The predicted octanol–water partition coefficient (Wildman–Crippen LogP) is 3.76. The summed E-state index contributed by atoms with van der Waals surface area (Å²) in [5.74, 6) is 1.00. The molecule has 3 rings (SSSR count). The Bertz CT molecular complexity index is 930. The van der Waals surface area contributed by atoms with Gasteiger partial charge < -0.3 is 14.8 Å². The molecule has 26 heavy (non-hydrogen) atoms. The van der Waals surface area contributed by atoms with Crippen molar-refractivity contribution in [3.63, 3.8) is 0 Å². The Morgan fingerprint density at radius 2 is 1.65 bits per heavy atom. The van der Waals surface area contributed by atoms with Crippen molar-refractivity contribution in [2.75, 3.05) is 19.5 Å². The molecule has 0 radical (unpaired) electrons. The number of carbonyl (C=O) groups is 1. The second-order valence-corrected chi connectivity index (χ2v) is 5.91. The van der Waals surface area contributed by atoms with E-state index in [-0.39, 0.29) is 5.91 Å². The Balaban J connectivity index is 1.81. The number of rotatable bonds is 5. The van der Waals surface area contributed by atoms with Gasteiger partial charge in [0.2, 0.25) is 0 Å². The molecule has 0 unspecified atom stereocenters. The number of ether oxygens (including phenoxy) is 2. The molecule has 1 aromatic heterocycles. The largest absolute Gasteiger partial charge is 0.493 e. The van der Waals surface area contributed by atoms with E-state index < -0.39 is 0 Å². The molecule has 0 saturated heterocycles. The zero-order valence-corrected chi connectivity index (χ0v) is 15.2. The Labute approximate surface area is 152 Å². The molecule has 2 aromatic carbocycles. The summed E-state index contributed by atoms with van der Waals surface area (Å²) < 4.78 is 12.4. The van der Waals surface area contributed by atoms with E-state index >= 15 is 0 Å². The smallest absolute Gasteiger partial charge is 0.255 e. The van der Waals surface area contributed by atoms with Gasteiger partial charge in [0.05, 0.1) is 19.9 Å². The zero-order valence-electron chi connectivity index (χ0n) is 15.2. The van der Waals surface area contributed by atoms with Gasteiger partial charge in [0, 0.05) is 29.2 Å². The fourth-order valence-electron chi connectivity index (χ4n) is 2.70. The second-order valence-electron chi connectivity index (χ2n) is 5.91. The minimum absolute atomic E-state index is 0.191. The summed E-state index contributed by atoms with van der Waals surface area (Å²) in [5, 5.41) is 7.19. The molecule has 6 heteroatoms. The molecule has 0 bridgehead atoms. The summed E-state index contributed by atoms with van der Waals surface area (Å²) >= 11 is 0. The Morgan fingerprint density at radius 3 is 2.23 bits per heavy atom. The van der Waals surface area contributed by atoms with Crippen LogP contribution in [0.5, 0.6) is 11.5 Å². The molecule has 0 aliphatic carbocycles. The van der Waals surface area contributed by atoms with Crippen LogP contribution in [0.25, 0.3) is 5.69 Å². The molecule has 134 valence electrons. The summed E-state index contributed by atoms with van der Waals surface area (Å²) in [6.45, 7) is 3.88. The van der Waals surface area contributed by atoms with E-state index in [4.69, 9.17) is 9.47 Å². The number of anilines is 1. The van der Waals surface area contributed by atoms with Gasteiger partial charge in [-0.05, 0) is 55.8 Å². The zero-order chi connectivity index (χ0) is 18.7. The number of hydrogen-bond acceptors (Lipinski definition) is 4. The van der Waals surface area contributed by atoms with Crippen molar-refractivity contribution < 1.29 is 14.3 Å². The first-order valence-electron chi connectivity index (χ1n) is 8.18. The van der Waals surface area contributed by atoms with Crippen molar-refractivity contribution >= 4 is 11.6 Å². The van der Waals surface area contributed by atoms with Crippen LogP contribution in [0.3, 0.4) is 0 Å². The Kier molecular flexibility index (Phi) is 4.93. The fraction of sp³-hybridized carbons (Fsp3) is 0.200. The summed E-state index contributed by atoms with van der Waals surface area (Å²) in [7, 11) is 3.15. The van der Waals surface area contributed by atoms with Crippen molar-refractivity contribution in [3.05, 3.63) is 65.5 Å². The molecule has 0 saturated carbocycles. The molecule has 1 heterocycles. The van der Waals surface area contributed by atoms with Crippen LogP contribution in [-0.2, 0) is 0 Å². The average molecular weight is 351 g/mol. The monoisotopic (exact) mass is 351 g/mol. The number of benzene rings is 2. The SMILES string of the molecule is COc1cc(C)c(NC(=O)c2ccc(-n3nccc3C)cc2)cc1OC. The van der Waals surface area contributed by atoms with E-state index in [9.17, 15) is 4.79 Å². The maximum atomic E-state index is 12.6. The number of aromatic nitrogens is 2. The lowest BCUT2D eigenvalue weighted by atomic mass is 10.1. The van der Waals surface area contributed by atoms with Crippen molar-refractivity contribution in [2.45, 2.75) is 13.8 Å². The van der Waals surface area contributed by atoms with E-state index in [0.29, 0.717) is 22.7 Å². The van der Waals surface area contributed by atoms with Gasteiger partial charge in [0.25, 0.3) is 5.91 Å². The lowest BCUT2D eigenvalue weighted by Crippen LogP contribution is -2.13. The molecule has 0 fully saturated rings. The van der Waals surface area contributed by atoms with Gasteiger partial charge in [0.15, 0.2) is 11.5 Å². The molecular formula is C20H21N3O3. The highest BCUT2D eigenvalue weighted by Crippen LogP contribution is 2.33. The standard InChI is InChI=1S/C20H21N3O3/c1-13-11-18(25-3)19(26-4)12-17(13)22-20(24)15-5-7-16(8-6-15)23-14(2)9-10-21-23/h5-12H,1-4H3,(H,22,24). The number of amides is 1. The van der Waals surface area contributed by atoms with Crippen molar-refractivity contribution in [1.82, 2.24) is 9.78 Å². The predicted molar refractivity (Wildman–Crippen MR) is 101 cm³/mol. The highest BCUT2D eigenvalue weighted by atomic mass is 16.5. The van der Waals surface area contributed by atoms with Gasteiger partial charge in [-0.25, -0.2) is 4.68 Å². The van der Waals surface area contributed by atoms with Crippen LogP contribution in [-0.4, -0.2) is 29.9 Å². The molecule has 0 aliphatic heterocycles. The van der Waals surface area contributed by atoms with Gasteiger partial charge in [-0.15, -0.1) is 0 Å². The van der Waals surface area contributed by atoms with Gasteiger partial charge in [-0.1, -0.05) is 0 Å². The van der Waals surface area contributed by atoms with Crippen LogP contribution < -0.4 is 14.8 Å². The second kappa shape index (κ2) is 7.31. The van der Waals surface area contributed by atoms with Crippen molar-refractivity contribution in [1.29, 1.82) is 0 Å². The maximum absolute atomic E-state index is 12.6. The summed E-state index contributed by atoms with van der Waals surface area (Å²) in [6.07, 6.45) is 1.75. The third-order valence-corrected chi connectivity index (χ3v) is 4.18. The number of hydrogen-bond donors (Lipinski definition) is 1. The van der Waals surface area contributed by atoms with Crippen molar-refractivity contribution in [3.8, 4) is 17.2 Å². The molecular weight excluding hydrogens is 330 g/mol. The molecule has 0 aliphatic rings. The van der Waals surface area contributed by atoms with E-state index in [1.165, 1.54) is 0 Å². The fourth-order valence-corrected chi connectivity index (χ4v) is 2.70. The third-order valence-electron chi connectivity index (χ3n) is 4.18. The van der Waals surface area contributed by atoms with Crippen LogP contribution >= 0.6 is 0 Å². The lowest BCUT2D eigenvalue weighted by molar-refractivity contribution is 0.102. The van der Waals surface area contributed by atoms with Crippen molar-refractivity contribution in [2.24, 2.45) is 0 Å². The van der Waals surface area contributed by atoms with E-state index in [1.807, 2.05) is 42.8 Å². The van der Waals surface area contributed by atoms with Crippen LogP contribution in [0, 0.1) is 13.8 Å². The minimum atomic E-state index is -0.191. The minimum Gasteiger partial charge on any atom is -0.493 e. The number of aryl methyl sites for hydroxylation is 2. The number of nitrogens with zero attached hydrogens (tertiary/aromatic N) is 2. The first-order valence-corrected chi connectivity index (χ1v) is 8.18. The summed E-state index contributed by atoms with van der Waals surface area (Å²) in [4.78, 5) is 12.6. The number of methoxy groups -OCH3 is 2. The first kappa shape index (κ1) is 17.5. The molecule has 1 amide bonds. The van der Waals surface area contributed by atoms with Crippen LogP contribution in [0.1, 0.15) is 21.6 Å².